The lowest BCUT2D eigenvalue weighted by molar-refractivity contribution is 0.391. The van der Waals surface area contributed by atoms with E-state index in [1.54, 1.807) is 6.92 Å². The van der Waals surface area contributed by atoms with Crippen LogP contribution in [0.2, 0.25) is 5.02 Å². The highest BCUT2D eigenvalue weighted by Gasteiger charge is 2.39. The maximum atomic E-state index is 14.1. The molecule has 0 bridgehead atoms. The highest BCUT2D eigenvalue weighted by atomic mass is 35.5. The number of hydrogen-bond donors (Lipinski definition) is 0. The summed E-state index contributed by atoms with van der Waals surface area (Å²) in [4.78, 5) is -0.0955. The zero-order valence-electron chi connectivity index (χ0n) is 13.0. The van der Waals surface area contributed by atoms with Crippen molar-refractivity contribution in [3.63, 3.8) is 0 Å². The molecule has 0 saturated heterocycles. The molecular weight excluding hydrogens is 356 g/mol. The molecule has 0 unspecified atom stereocenters. The molecule has 0 N–H and O–H groups in total. The summed E-state index contributed by atoms with van der Waals surface area (Å²) < 4.78 is 54.8. The van der Waals surface area contributed by atoms with E-state index in [1.165, 1.54) is 34.6 Å². The first-order chi connectivity index (χ1) is 11.3. The third-order valence-corrected chi connectivity index (χ3v) is 6.46. The van der Waals surface area contributed by atoms with E-state index >= 15 is 0 Å². The SMILES string of the molecule is Cc1ccc(F)cc1S(=O)(=O)N(Cc1c(F)cccc1Cl)C1CC1. The number of halogens is 3. The monoisotopic (exact) mass is 371 g/mol. The van der Waals surface area contributed by atoms with Gasteiger partial charge in [0.05, 0.1) is 4.90 Å². The Hall–Kier alpha value is -1.50. The van der Waals surface area contributed by atoms with Crippen molar-refractivity contribution in [2.24, 2.45) is 0 Å². The fourth-order valence-corrected chi connectivity index (χ4v) is 4.70. The van der Waals surface area contributed by atoms with Gasteiger partial charge in [-0.05, 0) is 49.6 Å². The Morgan fingerprint density at radius 3 is 2.54 bits per heavy atom. The summed E-state index contributed by atoms with van der Waals surface area (Å²) in [7, 11) is -3.95. The fourth-order valence-electron chi connectivity index (χ4n) is 2.59. The number of aryl methyl sites for hydroxylation is 1. The molecule has 128 valence electrons. The molecule has 24 heavy (non-hydrogen) atoms. The average molecular weight is 372 g/mol. The summed E-state index contributed by atoms with van der Waals surface area (Å²) in [6.45, 7) is 1.43. The van der Waals surface area contributed by atoms with Crippen LogP contribution in [0.15, 0.2) is 41.3 Å². The molecule has 0 heterocycles. The molecule has 2 aromatic rings. The quantitative estimate of drug-likeness (QED) is 0.786. The minimum Gasteiger partial charge on any atom is -0.207 e. The van der Waals surface area contributed by atoms with Crippen molar-refractivity contribution >= 4 is 21.6 Å². The number of benzene rings is 2. The van der Waals surface area contributed by atoms with Gasteiger partial charge in [0.2, 0.25) is 10.0 Å². The van der Waals surface area contributed by atoms with E-state index in [0.29, 0.717) is 18.4 Å². The summed E-state index contributed by atoms with van der Waals surface area (Å²) in [6, 6.07) is 7.65. The summed E-state index contributed by atoms with van der Waals surface area (Å²) in [6.07, 6.45) is 1.39. The molecule has 0 amide bonds. The molecule has 1 aliphatic rings. The van der Waals surface area contributed by atoms with Crippen LogP contribution in [0.25, 0.3) is 0 Å². The maximum Gasteiger partial charge on any atom is 0.243 e. The molecular formula is C17H16ClF2NO2S. The fraction of sp³-hybridized carbons (Fsp3) is 0.294. The van der Waals surface area contributed by atoms with Gasteiger partial charge in [-0.15, -0.1) is 0 Å². The Balaban J connectivity index is 2.04. The molecule has 0 spiro atoms. The first kappa shape index (κ1) is 17.3. The lowest BCUT2D eigenvalue weighted by Crippen LogP contribution is -2.33. The predicted octanol–water partition coefficient (Wildman–Crippen LogP) is 4.28. The van der Waals surface area contributed by atoms with Crippen molar-refractivity contribution < 1.29 is 17.2 Å². The van der Waals surface area contributed by atoms with Crippen molar-refractivity contribution in [1.29, 1.82) is 0 Å². The molecule has 2 aromatic carbocycles. The molecule has 3 nitrogen and oxygen atoms in total. The minimum absolute atomic E-state index is 0.0955. The topological polar surface area (TPSA) is 37.4 Å². The molecule has 7 heteroatoms. The summed E-state index contributed by atoms with van der Waals surface area (Å²) in [5.74, 6) is -1.18. The molecule has 1 fully saturated rings. The van der Waals surface area contributed by atoms with Crippen LogP contribution in [0.4, 0.5) is 8.78 Å². The zero-order chi connectivity index (χ0) is 17.5. The Morgan fingerprint density at radius 2 is 1.92 bits per heavy atom. The van der Waals surface area contributed by atoms with Gasteiger partial charge in [0.15, 0.2) is 0 Å². The Bertz CT molecular complexity index is 862. The Labute approximate surface area is 144 Å². The smallest absolute Gasteiger partial charge is 0.207 e. The summed E-state index contributed by atoms with van der Waals surface area (Å²) >= 11 is 6.03. The van der Waals surface area contributed by atoms with Gasteiger partial charge in [-0.1, -0.05) is 23.7 Å². The normalized spacial score (nSPS) is 15.0. The number of rotatable bonds is 5. The Morgan fingerprint density at radius 1 is 1.21 bits per heavy atom. The van der Waals surface area contributed by atoms with Gasteiger partial charge in [0, 0.05) is 23.2 Å². The van der Waals surface area contributed by atoms with Crippen molar-refractivity contribution in [2.75, 3.05) is 0 Å². The Kier molecular flexibility index (Phi) is 4.64. The second-order valence-corrected chi connectivity index (χ2v) is 8.16. The van der Waals surface area contributed by atoms with Gasteiger partial charge < -0.3 is 0 Å². The molecule has 0 aliphatic heterocycles. The van der Waals surface area contributed by atoms with Crippen LogP contribution in [-0.4, -0.2) is 18.8 Å². The lowest BCUT2D eigenvalue weighted by atomic mass is 10.2. The van der Waals surface area contributed by atoms with E-state index in [1.807, 2.05) is 0 Å². The van der Waals surface area contributed by atoms with Gasteiger partial charge >= 0.3 is 0 Å². The molecule has 3 rings (SSSR count). The molecule has 0 aromatic heterocycles. The third kappa shape index (κ3) is 3.31. The van der Waals surface area contributed by atoms with Crippen LogP contribution in [0, 0.1) is 18.6 Å². The van der Waals surface area contributed by atoms with Crippen LogP contribution in [-0.2, 0) is 16.6 Å². The van der Waals surface area contributed by atoms with Crippen LogP contribution >= 0.6 is 11.6 Å². The third-order valence-electron chi connectivity index (χ3n) is 4.07. The number of sulfonamides is 1. The second-order valence-electron chi connectivity index (χ2n) is 5.89. The molecule has 0 radical (unpaired) electrons. The van der Waals surface area contributed by atoms with Gasteiger partial charge in [0.25, 0.3) is 0 Å². The van der Waals surface area contributed by atoms with E-state index in [-0.39, 0.29) is 28.1 Å². The van der Waals surface area contributed by atoms with E-state index < -0.39 is 21.7 Å². The van der Waals surface area contributed by atoms with Crippen LogP contribution in [0.5, 0.6) is 0 Å². The van der Waals surface area contributed by atoms with Crippen molar-refractivity contribution in [1.82, 2.24) is 4.31 Å². The highest BCUT2D eigenvalue weighted by Crippen LogP contribution is 2.36. The van der Waals surface area contributed by atoms with E-state index in [0.717, 1.165) is 6.07 Å². The lowest BCUT2D eigenvalue weighted by Gasteiger charge is -2.23. The highest BCUT2D eigenvalue weighted by molar-refractivity contribution is 7.89. The standard InChI is InChI=1S/C17H16ClF2NO2S/c1-11-5-6-12(19)9-17(11)24(22,23)21(13-7-8-13)10-14-15(18)3-2-4-16(14)20/h2-6,9,13H,7-8,10H2,1H3. The number of hydrogen-bond acceptors (Lipinski definition) is 2. The van der Waals surface area contributed by atoms with Crippen LogP contribution in [0.1, 0.15) is 24.0 Å². The first-order valence-electron chi connectivity index (χ1n) is 7.51. The maximum absolute atomic E-state index is 14.1. The van der Waals surface area contributed by atoms with E-state index in [2.05, 4.69) is 0 Å². The van der Waals surface area contributed by atoms with E-state index in [4.69, 9.17) is 11.6 Å². The average Bonchev–Trinajstić information content (AvgIpc) is 3.33. The minimum atomic E-state index is -3.95. The summed E-state index contributed by atoms with van der Waals surface area (Å²) in [5.41, 5.74) is 0.574. The second kappa shape index (κ2) is 6.43. The van der Waals surface area contributed by atoms with Crippen molar-refractivity contribution in [3.05, 3.63) is 64.2 Å². The molecule has 1 saturated carbocycles. The van der Waals surface area contributed by atoms with Crippen LogP contribution in [0.3, 0.4) is 0 Å². The van der Waals surface area contributed by atoms with Gasteiger partial charge in [-0.25, -0.2) is 17.2 Å². The largest absolute Gasteiger partial charge is 0.243 e. The van der Waals surface area contributed by atoms with Gasteiger partial charge in [-0.2, -0.15) is 4.31 Å². The van der Waals surface area contributed by atoms with Crippen molar-refractivity contribution in [3.8, 4) is 0 Å². The van der Waals surface area contributed by atoms with Crippen molar-refractivity contribution in [2.45, 2.75) is 37.2 Å². The van der Waals surface area contributed by atoms with E-state index in [9.17, 15) is 17.2 Å². The van der Waals surface area contributed by atoms with Crippen LogP contribution < -0.4 is 0 Å². The molecule has 1 aliphatic carbocycles. The zero-order valence-corrected chi connectivity index (χ0v) is 14.5. The number of nitrogens with zero attached hydrogens (tertiary/aromatic N) is 1. The predicted molar refractivity (Wildman–Crippen MR) is 88.3 cm³/mol. The van der Waals surface area contributed by atoms with Gasteiger partial charge in [0.1, 0.15) is 11.6 Å². The van der Waals surface area contributed by atoms with Gasteiger partial charge in [-0.3, -0.25) is 0 Å². The molecule has 0 atom stereocenters. The first-order valence-corrected chi connectivity index (χ1v) is 9.33. The summed E-state index contributed by atoms with van der Waals surface area (Å²) in [5, 5.41) is 0.173.